The van der Waals surface area contributed by atoms with Crippen molar-refractivity contribution >= 4 is 11.7 Å². The average Bonchev–Trinajstić information content (AvgIpc) is 2.62. The zero-order valence-corrected chi connectivity index (χ0v) is 14.6. The van der Waals surface area contributed by atoms with Crippen molar-refractivity contribution in [2.24, 2.45) is 0 Å². The maximum atomic E-state index is 12.2. The van der Waals surface area contributed by atoms with E-state index in [-0.39, 0.29) is 5.91 Å². The number of amides is 1. The van der Waals surface area contributed by atoms with Crippen molar-refractivity contribution in [3.8, 4) is 0 Å². The van der Waals surface area contributed by atoms with Crippen molar-refractivity contribution in [2.45, 2.75) is 25.7 Å². The smallest absolute Gasteiger partial charge is 0.236 e. The van der Waals surface area contributed by atoms with Crippen LogP contribution >= 0.6 is 0 Å². The minimum Gasteiger partial charge on any atom is -0.378 e. The van der Waals surface area contributed by atoms with Crippen molar-refractivity contribution in [1.82, 2.24) is 20.2 Å². The van der Waals surface area contributed by atoms with Crippen LogP contribution in [0.25, 0.3) is 0 Å². The Labute approximate surface area is 143 Å². The van der Waals surface area contributed by atoms with Crippen LogP contribution in [0.5, 0.6) is 0 Å². The second-order valence-electron chi connectivity index (χ2n) is 6.51. The molecule has 0 saturated carbocycles. The van der Waals surface area contributed by atoms with Crippen LogP contribution in [0.2, 0.25) is 0 Å². The van der Waals surface area contributed by atoms with Gasteiger partial charge in [0.05, 0.1) is 25.5 Å². The van der Waals surface area contributed by atoms with E-state index >= 15 is 0 Å². The summed E-state index contributed by atoms with van der Waals surface area (Å²) >= 11 is 0. The molecular weight excluding hydrogens is 306 g/mol. The van der Waals surface area contributed by atoms with Gasteiger partial charge in [-0.1, -0.05) is 0 Å². The van der Waals surface area contributed by atoms with Gasteiger partial charge in [0, 0.05) is 38.2 Å². The minimum absolute atomic E-state index is 0.168. The van der Waals surface area contributed by atoms with Crippen LogP contribution in [0.3, 0.4) is 0 Å². The Kier molecular flexibility index (Phi) is 5.63. The summed E-state index contributed by atoms with van der Waals surface area (Å²) in [4.78, 5) is 25.7. The Balaban J connectivity index is 1.75. The number of hydrogen-bond donors (Lipinski definition) is 1. The highest BCUT2D eigenvalue weighted by Gasteiger charge is 2.26. The molecule has 1 N–H and O–H groups in total. The topological polar surface area (TPSA) is 70.6 Å². The normalized spacial score (nSPS) is 21.8. The molecule has 2 aliphatic heterocycles. The lowest BCUT2D eigenvalue weighted by molar-refractivity contribution is -0.131. The van der Waals surface area contributed by atoms with Gasteiger partial charge in [0.2, 0.25) is 5.91 Å². The molecule has 2 fully saturated rings. The molecule has 7 nitrogen and oxygen atoms in total. The molecule has 2 aliphatic rings. The molecule has 1 aromatic heterocycles. The molecule has 7 heteroatoms. The summed E-state index contributed by atoms with van der Waals surface area (Å²) in [6.07, 6.45) is 2.10. The Bertz CT molecular complexity index is 574. The van der Waals surface area contributed by atoms with Crippen LogP contribution in [0.4, 0.5) is 5.82 Å². The van der Waals surface area contributed by atoms with E-state index in [4.69, 9.17) is 4.74 Å². The van der Waals surface area contributed by atoms with Crippen molar-refractivity contribution in [1.29, 1.82) is 0 Å². The summed E-state index contributed by atoms with van der Waals surface area (Å²) in [6, 6.07) is 2.11. The first kappa shape index (κ1) is 17.1. The first-order valence-corrected chi connectivity index (χ1v) is 8.78. The number of piperidine rings is 1. The summed E-state index contributed by atoms with van der Waals surface area (Å²) < 4.78 is 5.43. The van der Waals surface area contributed by atoms with Crippen LogP contribution in [-0.4, -0.2) is 73.8 Å². The number of anilines is 1. The van der Waals surface area contributed by atoms with Gasteiger partial charge in [0.15, 0.2) is 0 Å². The summed E-state index contributed by atoms with van der Waals surface area (Å²) in [7, 11) is 1.81. The van der Waals surface area contributed by atoms with Gasteiger partial charge < -0.3 is 19.9 Å². The van der Waals surface area contributed by atoms with E-state index in [1.807, 2.05) is 18.9 Å². The molecule has 0 unspecified atom stereocenters. The van der Waals surface area contributed by atoms with Crippen LogP contribution in [0, 0.1) is 6.92 Å². The number of ether oxygens (including phenoxy) is 1. The molecule has 1 amide bonds. The second kappa shape index (κ2) is 7.90. The average molecular weight is 333 g/mol. The lowest BCUT2D eigenvalue weighted by Gasteiger charge is -2.33. The van der Waals surface area contributed by atoms with E-state index in [9.17, 15) is 4.79 Å². The quantitative estimate of drug-likeness (QED) is 0.868. The molecule has 0 aromatic carbocycles. The van der Waals surface area contributed by atoms with Gasteiger partial charge in [0.25, 0.3) is 0 Å². The maximum absolute atomic E-state index is 12.2. The Morgan fingerprint density at radius 1 is 1.33 bits per heavy atom. The fraction of sp³-hybridized carbons (Fsp3) is 0.706. The van der Waals surface area contributed by atoms with E-state index in [2.05, 4.69) is 26.3 Å². The molecule has 3 heterocycles. The van der Waals surface area contributed by atoms with Crippen LogP contribution in [0.1, 0.15) is 30.3 Å². The van der Waals surface area contributed by atoms with E-state index < -0.39 is 0 Å². The second-order valence-corrected chi connectivity index (χ2v) is 6.51. The van der Waals surface area contributed by atoms with E-state index in [1.54, 1.807) is 0 Å². The zero-order chi connectivity index (χ0) is 16.9. The van der Waals surface area contributed by atoms with E-state index in [0.717, 1.165) is 69.6 Å². The fourth-order valence-electron chi connectivity index (χ4n) is 3.45. The molecule has 0 bridgehead atoms. The minimum atomic E-state index is 0.168. The third kappa shape index (κ3) is 4.02. The number of likely N-dealkylation sites (tertiary alicyclic amines) is 1. The number of nitrogens with zero attached hydrogens (tertiary/aromatic N) is 4. The van der Waals surface area contributed by atoms with Crippen molar-refractivity contribution in [3.05, 3.63) is 17.6 Å². The number of rotatable bonds is 4. The van der Waals surface area contributed by atoms with Crippen LogP contribution < -0.4 is 10.2 Å². The monoisotopic (exact) mass is 333 g/mol. The highest BCUT2D eigenvalue weighted by molar-refractivity contribution is 5.78. The van der Waals surface area contributed by atoms with Crippen molar-refractivity contribution in [2.75, 3.05) is 57.9 Å². The molecular formula is C17H27N5O2. The summed E-state index contributed by atoms with van der Waals surface area (Å²) in [6.45, 7) is 7.16. The molecule has 0 spiro atoms. The predicted octanol–water partition coefficient (Wildman–Crippen LogP) is 0.547. The number of hydrogen-bond acceptors (Lipinski definition) is 6. The summed E-state index contributed by atoms with van der Waals surface area (Å²) in [5.41, 5.74) is 1.06. The third-order valence-corrected chi connectivity index (χ3v) is 4.70. The highest BCUT2D eigenvalue weighted by atomic mass is 16.5. The van der Waals surface area contributed by atoms with Crippen LogP contribution in [-0.2, 0) is 9.53 Å². The van der Waals surface area contributed by atoms with Gasteiger partial charge in [-0.05, 0) is 26.8 Å². The van der Waals surface area contributed by atoms with Gasteiger partial charge in [-0.2, -0.15) is 0 Å². The molecule has 132 valence electrons. The number of aryl methyl sites for hydroxylation is 1. The molecule has 1 aromatic rings. The van der Waals surface area contributed by atoms with E-state index in [1.165, 1.54) is 0 Å². The van der Waals surface area contributed by atoms with E-state index in [0.29, 0.717) is 12.5 Å². The molecule has 24 heavy (non-hydrogen) atoms. The molecule has 1 atom stereocenters. The number of aromatic nitrogens is 2. The zero-order valence-electron chi connectivity index (χ0n) is 14.6. The van der Waals surface area contributed by atoms with Gasteiger partial charge in [0.1, 0.15) is 11.6 Å². The number of nitrogens with one attached hydrogen (secondary N) is 1. The summed E-state index contributed by atoms with van der Waals surface area (Å²) in [5.74, 6) is 2.24. The molecule has 0 radical (unpaired) electrons. The Hall–Kier alpha value is -1.73. The number of carbonyl (C=O) groups excluding carboxylic acids is 1. The van der Waals surface area contributed by atoms with Gasteiger partial charge in [-0.3, -0.25) is 4.79 Å². The lowest BCUT2D eigenvalue weighted by Crippen LogP contribution is -2.43. The Morgan fingerprint density at radius 3 is 2.88 bits per heavy atom. The van der Waals surface area contributed by atoms with Crippen LogP contribution in [0.15, 0.2) is 6.07 Å². The highest BCUT2D eigenvalue weighted by Crippen LogP contribution is 2.28. The van der Waals surface area contributed by atoms with Crippen molar-refractivity contribution < 1.29 is 9.53 Å². The first-order chi connectivity index (χ1) is 11.7. The summed E-state index contributed by atoms with van der Waals surface area (Å²) in [5, 5.41) is 2.95. The predicted molar refractivity (Wildman–Crippen MR) is 92.3 cm³/mol. The first-order valence-electron chi connectivity index (χ1n) is 8.78. The lowest BCUT2D eigenvalue weighted by atomic mass is 9.94. The molecule has 2 saturated heterocycles. The molecule has 3 rings (SSSR count). The number of likely N-dealkylation sites (N-methyl/N-ethyl adjacent to an activating group) is 1. The van der Waals surface area contributed by atoms with Gasteiger partial charge in [-0.25, -0.2) is 9.97 Å². The maximum Gasteiger partial charge on any atom is 0.236 e. The van der Waals surface area contributed by atoms with Crippen molar-refractivity contribution in [3.63, 3.8) is 0 Å². The fourth-order valence-corrected chi connectivity index (χ4v) is 3.45. The molecule has 0 aliphatic carbocycles. The SMILES string of the molecule is CNCC(=O)N1CCC[C@@H](c2cc(N3CCOCC3)nc(C)n2)C1. The largest absolute Gasteiger partial charge is 0.378 e. The number of morpholine rings is 1. The van der Waals surface area contributed by atoms with Gasteiger partial charge >= 0.3 is 0 Å². The Morgan fingerprint density at radius 2 is 2.12 bits per heavy atom. The van der Waals surface area contributed by atoms with Gasteiger partial charge in [-0.15, -0.1) is 0 Å². The third-order valence-electron chi connectivity index (χ3n) is 4.70. The number of carbonyl (C=O) groups is 1. The standard InChI is InChI=1S/C17H27N5O2/c1-13-19-15(10-16(20-13)21-6-8-24-9-7-21)14-4-3-5-22(12-14)17(23)11-18-2/h10,14,18H,3-9,11-12H2,1-2H3/t14-/m1/s1.